The van der Waals surface area contributed by atoms with Crippen LogP contribution in [0, 0.1) is 0 Å². The summed E-state index contributed by atoms with van der Waals surface area (Å²) in [6.07, 6.45) is -8.18. The zero-order valence-corrected chi connectivity index (χ0v) is 18.3. The van der Waals surface area contributed by atoms with E-state index >= 15 is 0 Å². The van der Waals surface area contributed by atoms with E-state index in [1.54, 1.807) is 0 Å². The zero-order chi connectivity index (χ0) is 25.7. The van der Waals surface area contributed by atoms with Gasteiger partial charge in [-0.25, -0.2) is 4.98 Å². The fraction of sp³-hybridized carbons (Fsp3) is 0.350. The van der Waals surface area contributed by atoms with Crippen LogP contribution in [0.4, 0.5) is 38.2 Å². The number of nitrogens with one attached hydrogen (secondary N) is 2. The summed E-state index contributed by atoms with van der Waals surface area (Å²) in [5, 5.41) is 15.2. The lowest BCUT2D eigenvalue weighted by Crippen LogP contribution is -2.30. The highest BCUT2D eigenvalue weighted by Gasteiger charge is 2.33. The number of aromatic nitrogens is 4. The van der Waals surface area contributed by atoms with Gasteiger partial charge in [-0.15, -0.1) is 0 Å². The van der Waals surface area contributed by atoms with Crippen molar-refractivity contribution in [3.05, 3.63) is 47.4 Å². The first-order chi connectivity index (χ1) is 15.6. The molecule has 0 aromatic carbocycles. The number of rotatable bonds is 8. The average molecular weight is 489 g/mol. The molecule has 0 aliphatic rings. The van der Waals surface area contributed by atoms with Gasteiger partial charge < -0.3 is 15.7 Å². The molecule has 34 heavy (non-hydrogen) atoms. The monoisotopic (exact) mass is 489 g/mol. The summed E-state index contributed by atoms with van der Waals surface area (Å²) in [5.41, 5.74) is -3.80. The van der Waals surface area contributed by atoms with Crippen molar-refractivity contribution < 1.29 is 31.4 Å². The van der Waals surface area contributed by atoms with Gasteiger partial charge >= 0.3 is 12.4 Å². The molecule has 2 aromatic rings. The molecule has 0 saturated heterocycles. The van der Waals surface area contributed by atoms with Crippen LogP contribution in [0.1, 0.15) is 26.5 Å². The van der Waals surface area contributed by atoms with Gasteiger partial charge in [-0.2, -0.15) is 41.3 Å². The summed E-state index contributed by atoms with van der Waals surface area (Å²) in [7, 11) is 0. The first kappa shape index (κ1) is 26.7. The van der Waals surface area contributed by atoms with E-state index < -0.39 is 29.2 Å². The highest BCUT2D eigenvalue weighted by Crippen LogP contribution is 2.30. The second-order valence-electron chi connectivity index (χ2n) is 7.60. The minimum absolute atomic E-state index is 0.0489. The van der Waals surface area contributed by atoms with Gasteiger partial charge in [-0.05, 0) is 45.7 Å². The standard InChI is InChI=1S/C20H21F6N7O/c1-11(8-12(9-27-4)19(21,22)23)29-17-32-15(31-16(33-17)28-10-18(2,3)34)13-6-5-7-14(30-13)20(24,25)26/h5-9,34H,4,10H2,1-3H3,(H2,28,29,31,32,33)/b11-8+,12-9+. The molecule has 0 atom stereocenters. The molecule has 2 aromatic heterocycles. The van der Waals surface area contributed by atoms with Gasteiger partial charge in [-0.1, -0.05) is 6.07 Å². The van der Waals surface area contributed by atoms with E-state index in [-0.39, 0.29) is 35.7 Å². The van der Waals surface area contributed by atoms with Gasteiger partial charge in [-0.3, -0.25) is 4.99 Å². The van der Waals surface area contributed by atoms with Crippen LogP contribution in [-0.4, -0.2) is 50.1 Å². The lowest BCUT2D eigenvalue weighted by Gasteiger charge is -2.18. The predicted molar refractivity (Wildman–Crippen MR) is 114 cm³/mol. The Kier molecular flexibility index (Phi) is 7.97. The summed E-state index contributed by atoms with van der Waals surface area (Å²) < 4.78 is 78.5. The number of nitrogens with zero attached hydrogens (tertiary/aromatic N) is 5. The third-order valence-electron chi connectivity index (χ3n) is 3.82. The lowest BCUT2D eigenvalue weighted by atomic mass is 10.1. The molecule has 0 aliphatic carbocycles. The molecule has 0 spiro atoms. The normalized spacial score (nSPS) is 13.6. The van der Waals surface area contributed by atoms with Crippen LogP contribution in [0.5, 0.6) is 0 Å². The number of alkyl halides is 6. The smallest absolute Gasteiger partial charge is 0.389 e. The molecular weight excluding hydrogens is 468 g/mol. The Morgan fingerprint density at radius 1 is 1.06 bits per heavy atom. The number of hydrogen-bond donors (Lipinski definition) is 3. The van der Waals surface area contributed by atoms with Crippen molar-refractivity contribution in [3.8, 4) is 11.5 Å². The van der Waals surface area contributed by atoms with E-state index in [1.807, 2.05) is 0 Å². The number of aliphatic hydroxyl groups is 1. The first-order valence-corrected chi connectivity index (χ1v) is 9.54. The molecule has 2 rings (SSSR count). The van der Waals surface area contributed by atoms with Crippen LogP contribution in [0.3, 0.4) is 0 Å². The lowest BCUT2D eigenvalue weighted by molar-refractivity contribution is -0.141. The highest BCUT2D eigenvalue weighted by atomic mass is 19.4. The maximum absolute atomic E-state index is 13.1. The van der Waals surface area contributed by atoms with E-state index in [2.05, 4.69) is 42.3 Å². The van der Waals surface area contributed by atoms with E-state index in [1.165, 1.54) is 26.8 Å². The molecule has 14 heteroatoms. The fourth-order valence-electron chi connectivity index (χ4n) is 2.37. The van der Waals surface area contributed by atoms with E-state index in [0.29, 0.717) is 6.20 Å². The van der Waals surface area contributed by atoms with Crippen molar-refractivity contribution in [1.29, 1.82) is 0 Å². The van der Waals surface area contributed by atoms with Gasteiger partial charge in [0.05, 0.1) is 11.2 Å². The van der Waals surface area contributed by atoms with Crippen LogP contribution in [0.15, 0.2) is 46.7 Å². The Bertz CT molecular complexity index is 1090. The van der Waals surface area contributed by atoms with Crippen LogP contribution in [0.25, 0.3) is 11.5 Å². The Morgan fingerprint density at radius 3 is 2.26 bits per heavy atom. The van der Waals surface area contributed by atoms with Crippen LogP contribution in [-0.2, 0) is 6.18 Å². The first-order valence-electron chi connectivity index (χ1n) is 9.54. The van der Waals surface area contributed by atoms with Crippen molar-refractivity contribution in [2.45, 2.75) is 38.7 Å². The number of allylic oxidation sites excluding steroid dienone is 3. The van der Waals surface area contributed by atoms with Gasteiger partial charge in [0.1, 0.15) is 11.4 Å². The largest absolute Gasteiger partial charge is 0.433 e. The molecule has 3 N–H and O–H groups in total. The quantitative estimate of drug-likeness (QED) is 0.283. The second-order valence-corrected chi connectivity index (χ2v) is 7.60. The summed E-state index contributed by atoms with van der Waals surface area (Å²) in [5.74, 6) is -0.709. The van der Waals surface area contributed by atoms with E-state index in [0.717, 1.165) is 18.2 Å². The van der Waals surface area contributed by atoms with Gasteiger partial charge in [0.2, 0.25) is 11.9 Å². The minimum atomic E-state index is -4.72. The van der Waals surface area contributed by atoms with E-state index in [4.69, 9.17) is 0 Å². The number of halogens is 6. The maximum Gasteiger partial charge on any atom is 0.433 e. The van der Waals surface area contributed by atoms with Gasteiger partial charge in [0.25, 0.3) is 0 Å². The van der Waals surface area contributed by atoms with Crippen molar-refractivity contribution in [2.24, 2.45) is 4.99 Å². The summed E-state index contributed by atoms with van der Waals surface area (Å²) in [6, 6.07) is 3.11. The van der Waals surface area contributed by atoms with Crippen LogP contribution >= 0.6 is 0 Å². The third kappa shape index (κ3) is 8.10. The number of hydrogen-bond acceptors (Lipinski definition) is 8. The van der Waals surface area contributed by atoms with Crippen LogP contribution < -0.4 is 10.6 Å². The molecule has 2 heterocycles. The molecule has 0 bridgehead atoms. The van der Waals surface area contributed by atoms with Crippen molar-refractivity contribution >= 4 is 18.6 Å². The fourth-order valence-corrected chi connectivity index (χ4v) is 2.37. The highest BCUT2D eigenvalue weighted by molar-refractivity contribution is 5.55. The van der Waals surface area contributed by atoms with Crippen molar-refractivity contribution in [3.63, 3.8) is 0 Å². The Balaban J connectivity index is 2.50. The SMILES string of the molecule is C=N/C=C(\C=C(/C)Nc1nc(NCC(C)(C)O)nc(-c2cccc(C(F)(F)F)n2)n1)C(F)(F)F. The molecule has 0 saturated carbocycles. The summed E-state index contributed by atoms with van der Waals surface area (Å²) in [6.45, 7) is 7.22. The molecule has 0 radical (unpaired) electrons. The van der Waals surface area contributed by atoms with Crippen LogP contribution in [0.2, 0.25) is 0 Å². The second kappa shape index (κ2) is 10.2. The Labute approximate surface area is 190 Å². The summed E-state index contributed by atoms with van der Waals surface area (Å²) in [4.78, 5) is 18.6. The number of pyridine rings is 1. The van der Waals surface area contributed by atoms with Crippen molar-refractivity contribution in [1.82, 2.24) is 19.9 Å². The topological polar surface area (TPSA) is 108 Å². The summed E-state index contributed by atoms with van der Waals surface area (Å²) >= 11 is 0. The van der Waals surface area contributed by atoms with Crippen molar-refractivity contribution in [2.75, 3.05) is 17.2 Å². The minimum Gasteiger partial charge on any atom is -0.389 e. The maximum atomic E-state index is 13.1. The predicted octanol–water partition coefficient (Wildman–Crippen LogP) is 4.60. The Hall–Kier alpha value is -3.55. The molecule has 0 unspecified atom stereocenters. The number of aliphatic imine (C=N–C) groups is 1. The Morgan fingerprint density at radius 2 is 1.71 bits per heavy atom. The molecule has 8 nitrogen and oxygen atoms in total. The molecule has 184 valence electrons. The molecule has 0 fully saturated rings. The van der Waals surface area contributed by atoms with Gasteiger partial charge in [0.15, 0.2) is 5.82 Å². The number of anilines is 2. The molecule has 0 amide bonds. The molecular formula is C20H21F6N7O. The third-order valence-corrected chi connectivity index (χ3v) is 3.82. The van der Waals surface area contributed by atoms with Gasteiger partial charge in [0, 0.05) is 18.4 Å². The zero-order valence-electron chi connectivity index (χ0n) is 18.3. The van der Waals surface area contributed by atoms with E-state index in [9.17, 15) is 31.4 Å². The molecule has 0 aliphatic heterocycles. The average Bonchev–Trinajstić information content (AvgIpc) is 2.70.